The number of fused-ring (bicyclic) bond motifs is 1. The monoisotopic (exact) mass is 1320 g/mol. The van der Waals surface area contributed by atoms with Crippen LogP contribution in [0.3, 0.4) is 0 Å². The van der Waals surface area contributed by atoms with Gasteiger partial charge in [0.15, 0.2) is 34.5 Å². The Hall–Kier alpha value is -5.53. The third-order valence-corrected chi connectivity index (χ3v) is 17.3. The fourth-order valence-electron chi connectivity index (χ4n) is 7.44. The number of methoxy groups -OCH3 is 10. The van der Waals surface area contributed by atoms with Crippen LogP contribution >= 0.6 is 82.3 Å². The highest BCUT2D eigenvalue weighted by atomic mass is 32.2. The summed E-state index contributed by atoms with van der Waals surface area (Å²) in [6, 6.07) is 44.7. The van der Waals surface area contributed by atoms with E-state index in [4.69, 9.17) is 59.7 Å². The first-order valence-electron chi connectivity index (χ1n) is 31.2. The van der Waals surface area contributed by atoms with Crippen LogP contribution in [0.25, 0.3) is 10.8 Å². The number of hydrogen-bond donors (Lipinski definition) is 0. The highest BCUT2D eigenvalue weighted by Gasteiger charge is 2.10. The molecule has 0 aliphatic carbocycles. The minimum absolute atomic E-state index is 0.579. The SMILES string of the molecule is COc1cc(SC)ccc1C.COc1cc(S[13CH3])cc2ccccc12.COc1ccc(C)c(S[13CH3])c1.[1H][13C@@]([2H])(C)Sc1cc(OC)c(OC)cc1C.[1H][13C]([1H])([2H])Sc1cc(OC)ccc1C.[1H][C@@]([2H])(C)Sc1cccc(OC)c1OC.[1H][C@]([2H])(C)Sc1ccc(OC)c(OC)c1. The molecule has 0 N–H and O–H groups in total. The highest BCUT2D eigenvalue weighted by molar-refractivity contribution is 8.00. The van der Waals surface area contributed by atoms with Crippen molar-refractivity contribution in [2.24, 2.45) is 0 Å². The van der Waals surface area contributed by atoms with Crippen molar-refractivity contribution in [2.75, 3.05) is 113 Å². The molecule has 0 aliphatic heterocycles. The Balaban J connectivity index is 0.000000382. The molecule has 8 rings (SSSR count). The summed E-state index contributed by atoms with van der Waals surface area (Å²) in [6.45, 7) is 12.5. The first-order valence-corrected chi connectivity index (χ1v) is 33.6. The number of aryl methyl sites for hydroxylation is 4. The van der Waals surface area contributed by atoms with Crippen molar-refractivity contribution >= 4 is 93.1 Å². The lowest BCUT2D eigenvalue weighted by Gasteiger charge is -2.11. The molecule has 17 heteroatoms. The molecule has 0 unspecified atom stereocenters. The van der Waals surface area contributed by atoms with Gasteiger partial charge in [-0.15, -0.1) is 82.3 Å². The number of benzene rings is 8. The number of para-hydroxylation sites is 1. The van der Waals surface area contributed by atoms with Crippen molar-refractivity contribution in [1.29, 1.82) is 0 Å². The molecule has 0 bridgehead atoms. The van der Waals surface area contributed by atoms with Crippen molar-refractivity contribution in [3.8, 4) is 57.5 Å². The van der Waals surface area contributed by atoms with Crippen LogP contribution in [0.4, 0.5) is 0 Å². The van der Waals surface area contributed by atoms with E-state index in [1.807, 2.05) is 75.4 Å². The maximum absolute atomic E-state index is 7.55. The van der Waals surface area contributed by atoms with Crippen LogP contribution in [0.5, 0.6) is 57.5 Å². The second-order valence-electron chi connectivity index (χ2n) is 17.4. The molecule has 0 radical (unpaired) electrons. The fraction of sp³-hybridized carbons (Fsp3) is 0.343. The molecule has 0 amide bonds. The molecule has 10 nitrogen and oxygen atoms in total. The molecule has 0 spiro atoms. The van der Waals surface area contributed by atoms with E-state index in [1.54, 1.807) is 137 Å². The molecule has 3 atom stereocenters. The van der Waals surface area contributed by atoms with Crippen molar-refractivity contribution in [2.45, 2.75) is 82.7 Å². The molecule has 8 aromatic rings. The molecule has 474 valence electrons. The van der Waals surface area contributed by atoms with E-state index in [1.165, 1.54) is 69.1 Å². The zero-order chi connectivity index (χ0) is 72.6. The van der Waals surface area contributed by atoms with E-state index in [-0.39, 0.29) is 0 Å². The topological polar surface area (TPSA) is 92.3 Å². The fourth-order valence-corrected chi connectivity index (χ4v) is 11.1. The Morgan fingerprint density at radius 3 is 1.38 bits per heavy atom. The van der Waals surface area contributed by atoms with Gasteiger partial charge in [-0.3, -0.25) is 0 Å². The van der Waals surface area contributed by atoms with E-state index >= 15 is 0 Å². The van der Waals surface area contributed by atoms with Crippen LogP contribution in [0.1, 0.15) is 55.4 Å². The third-order valence-electron chi connectivity index (χ3n) is 12.0. The Labute approximate surface area is 564 Å². The number of thioether (sulfide) groups is 7. The van der Waals surface area contributed by atoms with Crippen LogP contribution in [0, 0.1) is 27.7 Å². The summed E-state index contributed by atoms with van der Waals surface area (Å²) in [4.78, 5) is 6.93. The largest absolute Gasteiger partial charge is 0.497 e. The lowest BCUT2D eigenvalue weighted by atomic mass is 10.1. The number of hydrogen-bond acceptors (Lipinski definition) is 17. The molecule has 0 heterocycles. The van der Waals surface area contributed by atoms with E-state index in [2.05, 4.69) is 80.3 Å². The van der Waals surface area contributed by atoms with Crippen LogP contribution in [-0.4, -0.2) is 113 Å². The van der Waals surface area contributed by atoms with Gasteiger partial charge >= 0.3 is 0 Å². The van der Waals surface area contributed by atoms with Crippen molar-refractivity contribution in [3.05, 3.63) is 162 Å². The minimum Gasteiger partial charge on any atom is -0.497 e. The smallest absolute Gasteiger partial charge is 0.174 e. The molecule has 0 aromatic heterocycles. The maximum Gasteiger partial charge on any atom is 0.174 e. The van der Waals surface area contributed by atoms with Crippen LogP contribution in [-0.2, 0) is 0 Å². The maximum atomic E-state index is 7.55. The van der Waals surface area contributed by atoms with Gasteiger partial charge in [0, 0.05) is 47.1 Å². The van der Waals surface area contributed by atoms with Crippen LogP contribution < -0.4 is 47.4 Å². The standard InChI is InChI=1S/C12H12OS.C11H16O2S.2C10H14O2S.3C9H12OS/c1-13-12-8-10(14-2)7-9-5-3-4-6-11(9)12;1-5-14-11-7-10(13-4)9(12-3)6-8(11)2;1-4-13-8-5-6-9(11-2)10(7-8)12-3;1-4-13-9-7-5-6-8(11-2)10(9)12-3;1-7-4-5-8(11-3)6-9(7)10-2;2*1-7-4-5-8(10-2)6-9(7)11-3/h3-8H,1-2H3;6-7H,5H2,1-4H3;2*5-7H,4H2,1-3H3;3*4-6H,1-3H3/i2+1;5+1DH;2*4DH;;3+1DH2;3+1/t;5-;2*4-;;;/m.101.../s1. The Morgan fingerprint density at radius 2 is 0.862 bits per heavy atom. The third kappa shape index (κ3) is 26.6. The van der Waals surface area contributed by atoms with Gasteiger partial charge in [0.05, 0.1) is 76.0 Å². The van der Waals surface area contributed by atoms with Crippen molar-refractivity contribution in [1.82, 2.24) is 0 Å². The predicted octanol–water partition coefficient (Wildman–Crippen LogP) is 20.5. The zero-order valence-electron chi connectivity index (χ0n) is 62.7. The Morgan fingerprint density at radius 1 is 0.368 bits per heavy atom. The Kier molecular flexibility index (Phi) is 32.5. The molecule has 0 saturated carbocycles. The molecule has 87 heavy (non-hydrogen) atoms. The zero-order valence-corrected chi connectivity index (χ0v) is 59.4. The molecule has 0 saturated heterocycles. The first kappa shape index (κ1) is 63.1. The van der Waals surface area contributed by atoms with Gasteiger partial charge in [-0.2, -0.15) is 0 Å². The lowest BCUT2D eigenvalue weighted by molar-refractivity contribution is 0.348. The van der Waals surface area contributed by atoms with Gasteiger partial charge in [0.25, 0.3) is 0 Å². The molecular formula is C70H92O10S7. The summed E-state index contributed by atoms with van der Waals surface area (Å²) in [7, 11) is 16.1. The van der Waals surface area contributed by atoms with Gasteiger partial charge in [-0.25, -0.2) is 0 Å². The Bertz CT molecular complexity index is 3570. The summed E-state index contributed by atoms with van der Waals surface area (Å²) in [5.41, 5.74) is 0.493. The van der Waals surface area contributed by atoms with E-state index in [0.29, 0.717) is 40.2 Å². The number of rotatable bonds is 20. The van der Waals surface area contributed by atoms with Crippen molar-refractivity contribution < 1.29 is 59.7 Å². The van der Waals surface area contributed by atoms with Gasteiger partial charge < -0.3 is 47.4 Å². The van der Waals surface area contributed by atoms with E-state index in [0.717, 1.165) is 83.2 Å². The summed E-state index contributed by atoms with van der Waals surface area (Å²) in [5, 5.41) is 2.41. The summed E-state index contributed by atoms with van der Waals surface area (Å²) >= 11 is 9.51. The van der Waals surface area contributed by atoms with E-state index < -0.39 is 23.3 Å². The first-order chi connectivity index (χ1) is 45.1. The minimum atomic E-state index is -2.00. The van der Waals surface area contributed by atoms with Gasteiger partial charge in [-0.05, 0) is 188 Å². The highest BCUT2D eigenvalue weighted by Crippen LogP contribution is 2.38. The molecule has 0 fully saturated rings. The van der Waals surface area contributed by atoms with Crippen LogP contribution in [0.15, 0.2) is 174 Å². The van der Waals surface area contributed by atoms with Gasteiger partial charge in [0.2, 0.25) is 0 Å². The quantitative estimate of drug-likeness (QED) is 0.0535. The second-order valence-corrected chi connectivity index (χ2v) is 23.8. The average molecular weight is 1330 g/mol. The van der Waals surface area contributed by atoms with Crippen molar-refractivity contribution in [3.63, 3.8) is 0 Å². The molecule has 0 aliphatic rings. The van der Waals surface area contributed by atoms with Gasteiger partial charge in [0.1, 0.15) is 23.0 Å². The lowest BCUT2D eigenvalue weighted by Crippen LogP contribution is -1.92. The molecule has 8 aromatic carbocycles. The second kappa shape index (κ2) is 44.8. The summed E-state index contributed by atoms with van der Waals surface area (Å²) in [6.07, 6.45) is 4.20. The average Bonchev–Trinajstić information content (AvgIpc) is 0.911. The molecular weight excluding hydrogens is 1230 g/mol. The van der Waals surface area contributed by atoms with Gasteiger partial charge in [-0.1, -0.05) is 69.3 Å². The normalized spacial score (nSPS) is 13.7. The summed E-state index contributed by atoms with van der Waals surface area (Å²) in [5.74, 6) is 7.29. The van der Waals surface area contributed by atoms with Crippen LogP contribution in [0.2, 0.25) is 0 Å². The van der Waals surface area contributed by atoms with E-state index in [9.17, 15) is 0 Å². The predicted molar refractivity (Wildman–Crippen MR) is 383 cm³/mol. The summed E-state index contributed by atoms with van der Waals surface area (Å²) < 4.78 is 118. The number of ether oxygens (including phenoxy) is 10.